The van der Waals surface area contributed by atoms with Crippen molar-refractivity contribution in [2.45, 2.75) is 31.9 Å². The molecular weight excluding hydrogens is 333 g/mol. The van der Waals surface area contributed by atoms with Crippen LogP contribution in [0.1, 0.15) is 36.0 Å². The third kappa shape index (κ3) is 3.80. The Labute approximate surface area is 144 Å². The van der Waals surface area contributed by atoms with Gasteiger partial charge in [-0.3, -0.25) is 9.59 Å². The van der Waals surface area contributed by atoms with Gasteiger partial charge in [-0.1, -0.05) is 12.1 Å². The average Bonchev–Trinajstić information content (AvgIpc) is 3.44. The van der Waals surface area contributed by atoms with Gasteiger partial charge >= 0.3 is 6.18 Å². The minimum Gasteiger partial charge on any atom is -0.338 e. The molecule has 0 aromatic heterocycles. The van der Waals surface area contributed by atoms with Crippen molar-refractivity contribution in [3.63, 3.8) is 0 Å². The normalized spacial score (nSPS) is 21.1. The summed E-state index contributed by atoms with van der Waals surface area (Å²) in [7, 11) is 1.61. The first kappa shape index (κ1) is 17.8. The van der Waals surface area contributed by atoms with E-state index in [1.54, 1.807) is 31.3 Å². The Bertz CT molecular complexity index is 671. The summed E-state index contributed by atoms with van der Waals surface area (Å²) in [5.41, 5.74) is 0.736. The topological polar surface area (TPSA) is 40.6 Å². The molecule has 1 saturated carbocycles. The van der Waals surface area contributed by atoms with Crippen LogP contribution in [0.5, 0.6) is 0 Å². The third-order valence-corrected chi connectivity index (χ3v) is 4.92. The van der Waals surface area contributed by atoms with Gasteiger partial charge in [0.25, 0.3) is 5.91 Å². The van der Waals surface area contributed by atoms with E-state index in [1.807, 2.05) is 0 Å². The van der Waals surface area contributed by atoms with Crippen LogP contribution in [0, 0.1) is 11.8 Å². The lowest BCUT2D eigenvalue weighted by molar-refractivity contribution is -0.184. The standard InChI is InChI=1S/C18H21F3N2O2/c1-22(16(24)12-8-9-12)15-7-3-2-6-14(15)17(25)23-10-4-5-13(11-23)18(19,20)21/h2-3,6-7,12-13H,4-5,8-11H2,1H3/t13-/m0/s1. The van der Waals surface area contributed by atoms with Crippen LogP contribution in [0.15, 0.2) is 24.3 Å². The van der Waals surface area contributed by atoms with Gasteiger partial charge in [-0.2, -0.15) is 13.2 Å². The van der Waals surface area contributed by atoms with Crippen LogP contribution in [-0.4, -0.2) is 43.0 Å². The fourth-order valence-corrected chi connectivity index (χ4v) is 3.27. The number of amides is 2. The Balaban J connectivity index is 1.81. The lowest BCUT2D eigenvalue weighted by Crippen LogP contribution is -2.45. The van der Waals surface area contributed by atoms with E-state index in [9.17, 15) is 22.8 Å². The highest BCUT2D eigenvalue weighted by Crippen LogP contribution is 2.35. The first-order valence-corrected chi connectivity index (χ1v) is 8.51. The number of rotatable bonds is 3. The van der Waals surface area contributed by atoms with E-state index >= 15 is 0 Å². The number of piperidine rings is 1. The molecule has 1 aliphatic carbocycles. The highest BCUT2D eigenvalue weighted by Gasteiger charge is 2.43. The SMILES string of the molecule is CN(C(=O)C1CC1)c1ccccc1C(=O)N1CCC[C@H](C(F)(F)F)C1. The van der Waals surface area contributed by atoms with Crippen LogP contribution in [0.4, 0.5) is 18.9 Å². The summed E-state index contributed by atoms with van der Waals surface area (Å²) in [6.07, 6.45) is -2.22. The lowest BCUT2D eigenvalue weighted by atomic mass is 9.96. The summed E-state index contributed by atoms with van der Waals surface area (Å²) < 4.78 is 39.0. The van der Waals surface area contributed by atoms with Gasteiger partial charge in [-0.15, -0.1) is 0 Å². The maximum Gasteiger partial charge on any atom is 0.393 e. The molecule has 1 heterocycles. The number of anilines is 1. The van der Waals surface area contributed by atoms with Gasteiger partial charge in [0.1, 0.15) is 0 Å². The van der Waals surface area contributed by atoms with Crippen molar-refractivity contribution in [3.8, 4) is 0 Å². The van der Waals surface area contributed by atoms with Crippen molar-refractivity contribution in [1.82, 2.24) is 4.90 Å². The smallest absolute Gasteiger partial charge is 0.338 e. The predicted molar refractivity (Wildman–Crippen MR) is 87.3 cm³/mol. The van der Waals surface area contributed by atoms with E-state index in [2.05, 4.69) is 0 Å². The van der Waals surface area contributed by atoms with E-state index in [0.717, 1.165) is 12.8 Å². The number of nitrogens with zero attached hydrogens (tertiary/aromatic N) is 2. The van der Waals surface area contributed by atoms with Crippen LogP contribution < -0.4 is 4.90 Å². The fourth-order valence-electron chi connectivity index (χ4n) is 3.27. The molecule has 0 N–H and O–H groups in total. The van der Waals surface area contributed by atoms with Crippen molar-refractivity contribution in [2.24, 2.45) is 11.8 Å². The fraction of sp³-hybridized carbons (Fsp3) is 0.556. The second-order valence-corrected chi connectivity index (χ2v) is 6.82. The molecule has 7 heteroatoms. The number of alkyl halides is 3. The maximum atomic E-state index is 13.0. The third-order valence-electron chi connectivity index (χ3n) is 4.92. The highest BCUT2D eigenvalue weighted by molar-refractivity contribution is 6.05. The number of carbonyl (C=O) groups excluding carboxylic acids is 2. The van der Waals surface area contributed by atoms with Gasteiger partial charge in [-0.25, -0.2) is 0 Å². The maximum absolute atomic E-state index is 13.0. The molecule has 0 radical (unpaired) electrons. The van der Waals surface area contributed by atoms with Crippen molar-refractivity contribution in [2.75, 3.05) is 25.0 Å². The molecule has 2 aliphatic rings. The predicted octanol–water partition coefficient (Wildman–Crippen LogP) is 3.47. The molecule has 1 aromatic carbocycles. The number of halogens is 3. The Morgan fingerprint density at radius 3 is 2.48 bits per heavy atom. The molecule has 3 rings (SSSR count). The number of hydrogen-bond acceptors (Lipinski definition) is 2. The van der Waals surface area contributed by atoms with Gasteiger partial charge in [-0.05, 0) is 37.8 Å². The zero-order valence-corrected chi connectivity index (χ0v) is 14.1. The van der Waals surface area contributed by atoms with Gasteiger partial charge < -0.3 is 9.80 Å². The summed E-state index contributed by atoms with van der Waals surface area (Å²) in [4.78, 5) is 27.8. The molecular formula is C18H21F3N2O2. The Morgan fingerprint density at radius 2 is 1.84 bits per heavy atom. The second kappa shape index (κ2) is 6.69. The summed E-state index contributed by atoms with van der Waals surface area (Å²) in [5, 5.41) is 0. The zero-order valence-electron chi connectivity index (χ0n) is 14.1. The van der Waals surface area contributed by atoms with E-state index < -0.39 is 18.0 Å². The molecule has 4 nitrogen and oxygen atoms in total. The van der Waals surface area contributed by atoms with Gasteiger partial charge in [0.2, 0.25) is 5.91 Å². The largest absolute Gasteiger partial charge is 0.393 e. The first-order chi connectivity index (χ1) is 11.8. The minimum absolute atomic E-state index is 0.00208. The summed E-state index contributed by atoms with van der Waals surface area (Å²) in [5.74, 6) is -1.98. The van der Waals surface area contributed by atoms with Gasteiger partial charge in [0, 0.05) is 26.1 Å². The molecule has 0 spiro atoms. The van der Waals surface area contributed by atoms with Crippen LogP contribution >= 0.6 is 0 Å². The molecule has 1 saturated heterocycles. The summed E-state index contributed by atoms with van der Waals surface area (Å²) >= 11 is 0. The summed E-state index contributed by atoms with van der Waals surface area (Å²) in [6, 6.07) is 6.62. The Morgan fingerprint density at radius 1 is 1.16 bits per heavy atom. The second-order valence-electron chi connectivity index (χ2n) is 6.82. The van der Waals surface area contributed by atoms with E-state index in [4.69, 9.17) is 0 Å². The number of benzene rings is 1. The molecule has 1 aliphatic heterocycles. The van der Waals surface area contributed by atoms with Crippen LogP contribution in [0.2, 0.25) is 0 Å². The molecule has 1 aromatic rings. The number of likely N-dealkylation sites (tertiary alicyclic amines) is 1. The molecule has 2 fully saturated rings. The van der Waals surface area contributed by atoms with Crippen molar-refractivity contribution in [1.29, 1.82) is 0 Å². The molecule has 2 amide bonds. The Kier molecular flexibility index (Phi) is 4.75. The zero-order chi connectivity index (χ0) is 18.2. The van der Waals surface area contributed by atoms with Gasteiger partial charge in [0.05, 0.1) is 17.2 Å². The molecule has 25 heavy (non-hydrogen) atoms. The average molecular weight is 354 g/mol. The van der Waals surface area contributed by atoms with E-state index in [1.165, 1.54) is 9.80 Å². The minimum atomic E-state index is -4.29. The first-order valence-electron chi connectivity index (χ1n) is 8.51. The molecule has 0 unspecified atom stereocenters. The number of para-hydroxylation sites is 1. The van der Waals surface area contributed by atoms with Crippen LogP contribution in [0.3, 0.4) is 0 Å². The molecule has 0 bridgehead atoms. The monoisotopic (exact) mass is 354 g/mol. The van der Waals surface area contributed by atoms with Crippen molar-refractivity contribution >= 4 is 17.5 Å². The summed E-state index contributed by atoms with van der Waals surface area (Å²) in [6.45, 7) is -0.0169. The van der Waals surface area contributed by atoms with Crippen molar-refractivity contribution in [3.05, 3.63) is 29.8 Å². The Hall–Kier alpha value is -2.05. The van der Waals surface area contributed by atoms with Crippen LogP contribution in [-0.2, 0) is 4.79 Å². The van der Waals surface area contributed by atoms with Crippen molar-refractivity contribution < 1.29 is 22.8 Å². The molecule has 1 atom stereocenters. The lowest BCUT2D eigenvalue weighted by Gasteiger charge is -2.34. The number of hydrogen-bond donors (Lipinski definition) is 0. The van der Waals surface area contributed by atoms with Gasteiger partial charge in [0.15, 0.2) is 0 Å². The van der Waals surface area contributed by atoms with E-state index in [0.29, 0.717) is 18.7 Å². The van der Waals surface area contributed by atoms with Crippen LogP contribution in [0.25, 0.3) is 0 Å². The number of carbonyl (C=O) groups is 2. The quantitative estimate of drug-likeness (QED) is 0.834. The highest BCUT2D eigenvalue weighted by atomic mass is 19.4. The van der Waals surface area contributed by atoms with E-state index in [-0.39, 0.29) is 30.4 Å². The molecule has 136 valence electrons.